The minimum Gasteiger partial charge on any atom is -0.497 e. The molecule has 3 heterocycles. The summed E-state index contributed by atoms with van der Waals surface area (Å²) >= 11 is 0. The first-order chi connectivity index (χ1) is 13.0. The normalized spacial score (nSPS) is 12.0. The van der Waals surface area contributed by atoms with Crippen molar-refractivity contribution in [1.29, 1.82) is 0 Å². The Hall–Kier alpha value is -3.68. The molecule has 0 saturated heterocycles. The number of benzene rings is 1. The van der Waals surface area contributed by atoms with Crippen LogP contribution < -0.4 is 21.5 Å². The van der Waals surface area contributed by atoms with Crippen molar-refractivity contribution in [2.45, 2.75) is 0 Å². The second-order valence-corrected chi connectivity index (χ2v) is 6.08. The summed E-state index contributed by atoms with van der Waals surface area (Å²) in [5.41, 5.74) is 1.07. The average molecular weight is 363 g/mol. The fraction of sp³-hybridized carbons (Fsp3) is 0.158. The maximum absolute atomic E-state index is 12.9. The topological polar surface area (TPSA) is 82.9 Å². The molecule has 136 valence electrons. The Morgan fingerprint density at radius 2 is 1.74 bits per heavy atom. The molecule has 0 unspecified atom stereocenters. The van der Waals surface area contributed by atoms with Gasteiger partial charge in [0.15, 0.2) is 11.1 Å². The van der Waals surface area contributed by atoms with Crippen LogP contribution in [-0.2, 0) is 14.1 Å². The van der Waals surface area contributed by atoms with E-state index in [0.717, 1.165) is 4.57 Å². The third-order valence-corrected chi connectivity index (χ3v) is 4.45. The van der Waals surface area contributed by atoms with Crippen LogP contribution in [0, 0.1) is 0 Å². The number of pyridine rings is 1. The summed E-state index contributed by atoms with van der Waals surface area (Å²) in [7, 11) is 4.63. The summed E-state index contributed by atoms with van der Waals surface area (Å²) in [6.07, 6.45) is 1.79. The molecule has 0 fully saturated rings. The first kappa shape index (κ1) is 16.8. The van der Waals surface area contributed by atoms with E-state index in [9.17, 15) is 9.59 Å². The number of rotatable bonds is 2. The quantitative estimate of drug-likeness (QED) is 0.500. The van der Waals surface area contributed by atoms with E-state index < -0.39 is 11.2 Å². The molecule has 0 bridgehead atoms. The van der Waals surface area contributed by atoms with Gasteiger partial charge in [0.25, 0.3) is 5.56 Å². The highest BCUT2D eigenvalue weighted by atomic mass is 16.5. The number of methoxy groups -OCH3 is 1. The predicted molar refractivity (Wildman–Crippen MR) is 101 cm³/mol. The molecule has 0 saturated carbocycles. The van der Waals surface area contributed by atoms with Gasteiger partial charge in [-0.15, -0.1) is 0 Å². The molecule has 0 amide bonds. The van der Waals surface area contributed by atoms with Crippen molar-refractivity contribution in [2.75, 3.05) is 7.11 Å². The molecule has 8 heteroatoms. The zero-order chi connectivity index (χ0) is 19.1. The monoisotopic (exact) mass is 363 g/mol. The molecule has 0 aliphatic rings. The molecule has 0 aliphatic carbocycles. The molecular weight excluding hydrogens is 346 g/mol. The van der Waals surface area contributed by atoms with E-state index in [4.69, 9.17) is 4.74 Å². The lowest BCUT2D eigenvalue weighted by Crippen LogP contribution is -2.40. The van der Waals surface area contributed by atoms with E-state index in [2.05, 4.69) is 9.98 Å². The zero-order valence-corrected chi connectivity index (χ0v) is 15.1. The smallest absolute Gasteiger partial charge is 0.332 e. The maximum atomic E-state index is 12.9. The van der Waals surface area contributed by atoms with Gasteiger partial charge in [-0.05, 0) is 36.4 Å². The Labute approximate surface area is 153 Å². The third kappa shape index (κ3) is 2.62. The van der Waals surface area contributed by atoms with Crippen molar-refractivity contribution < 1.29 is 4.74 Å². The summed E-state index contributed by atoms with van der Waals surface area (Å²) in [5.74, 6) is 0.712. The highest BCUT2D eigenvalue weighted by Gasteiger charge is 2.14. The van der Waals surface area contributed by atoms with Crippen LogP contribution in [0.4, 0.5) is 5.69 Å². The first-order valence-corrected chi connectivity index (χ1v) is 8.27. The molecule has 4 rings (SSSR count). The lowest BCUT2D eigenvalue weighted by atomic mass is 10.3. The molecule has 0 spiro atoms. The summed E-state index contributed by atoms with van der Waals surface area (Å²) < 4.78 is 9.33. The van der Waals surface area contributed by atoms with Crippen molar-refractivity contribution in [3.8, 4) is 5.75 Å². The Bertz CT molecular complexity index is 1360. The van der Waals surface area contributed by atoms with Gasteiger partial charge >= 0.3 is 5.69 Å². The zero-order valence-electron chi connectivity index (χ0n) is 15.1. The number of nitrogens with zero attached hydrogens (tertiary/aromatic N) is 5. The fourth-order valence-electron chi connectivity index (χ4n) is 2.98. The van der Waals surface area contributed by atoms with Gasteiger partial charge in [-0.2, -0.15) is 0 Å². The van der Waals surface area contributed by atoms with Crippen LogP contribution >= 0.6 is 0 Å². The SMILES string of the molecule is COc1ccc(N=c2c3c(=O)n(C)c(=O)n(C)c3nc3ccccn23)cc1. The molecule has 0 radical (unpaired) electrons. The van der Waals surface area contributed by atoms with Gasteiger partial charge in [0.1, 0.15) is 16.8 Å². The summed E-state index contributed by atoms with van der Waals surface area (Å²) in [6, 6.07) is 12.7. The van der Waals surface area contributed by atoms with Gasteiger partial charge in [0.05, 0.1) is 12.8 Å². The van der Waals surface area contributed by atoms with Crippen molar-refractivity contribution in [1.82, 2.24) is 18.5 Å². The van der Waals surface area contributed by atoms with Gasteiger partial charge in [-0.1, -0.05) is 6.07 Å². The van der Waals surface area contributed by atoms with Crippen LogP contribution in [0.3, 0.4) is 0 Å². The van der Waals surface area contributed by atoms with Crippen LogP contribution in [0.2, 0.25) is 0 Å². The number of aryl methyl sites for hydroxylation is 1. The second-order valence-electron chi connectivity index (χ2n) is 6.08. The minimum absolute atomic E-state index is 0.277. The first-order valence-electron chi connectivity index (χ1n) is 8.27. The molecule has 27 heavy (non-hydrogen) atoms. The van der Waals surface area contributed by atoms with E-state index in [1.54, 1.807) is 55.1 Å². The molecule has 1 aromatic carbocycles. The molecular formula is C19H17N5O3. The molecule has 3 aromatic heterocycles. The van der Waals surface area contributed by atoms with Crippen LogP contribution in [0.5, 0.6) is 5.75 Å². The van der Waals surface area contributed by atoms with E-state index in [-0.39, 0.29) is 5.39 Å². The highest BCUT2D eigenvalue weighted by Crippen LogP contribution is 2.17. The van der Waals surface area contributed by atoms with Gasteiger partial charge in [0, 0.05) is 20.3 Å². The largest absolute Gasteiger partial charge is 0.497 e. The van der Waals surface area contributed by atoms with Gasteiger partial charge in [-0.25, -0.2) is 14.8 Å². The lowest BCUT2D eigenvalue weighted by molar-refractivity contribution is 0.415. The van der Waals surface area contributed by atoms with Crippen LogP contribution in [0.15, 0.2) is 63.2 Å². The van der Waals surface area contributed by atoms with Crippen molar-refractivity contribution in [3.63, 3.8) is 0 Å². The van der Waals surface area contributed by atoms with Crippen molar-refractivity contribution >= 4 is 22.4 Å². The Kier molecular flexibility index (Phi) is 3.88. The summed E-state index contributed by atoms with van der Waals surface area (Å²) in [6.45, 7) is 0. The van der Waals surface area contributed by atoms with E-state index in [1.807, 2.05) is 12.1 Å². The number of ether oxygens (including phenoxy) is 1. The van der Waals surface area contributed by atoms with Gasteiger partial charge in [0.2, 0.25) is 0 Å². The summed E-state index contributed by atoms with van der Waals surface area (Å²) in [5, 5.41) is 0.277. The summed E-state index contributed by atoms with van der Waals surface area (Å²) in [4.78, 5) is 34.4. The molecule has 0 N–H and O–H groups in total. The molecule has 8 nitrogen and oxygen atoms in total. The van der Waals surface area contributed by atoms with E-state index in [1.165, 1.54) is 11.6 Å². The third-order valence-electron chi connectivity index (χ3n) is 4.45. The van der Waals surface area contributed by atoms with Gasteiger partial charge in [-0.3, -0.25) is 18.3 Å². The molecule has 0 aliphatic heterocycles. The number of hydrogen-bond acceptors (Lipinski definition) is 5. The Morgan fingerprint density at radius 3 is 2.44 bits per heavy atom. The number of hydrogen-bond donors (Lipinski definition) is 0. The van der Waals surface area contributed by atoms with Crippen LogP contribution in [0.25, 0.3) is 16.7 Å². The lowest BCUT2D eigenvalue weighted by Gasteiger charge is -2.10. The molecule has 4 aromatic rings. The highest BCUT2D eigenvalue weighted by molar-refractivity contribution is 5.75. The second kappa shape index (κ2) is 6.24. The van der Waals surface area contributed by atoms with Crippen molar-refractivity contribution in [2.24, 2.45) is 19.1 Å². The van der Waals surface area contributed by atoms with E-state index >= 15 is 0 Å². The van der Waals surface area contributed by atoms with Crippen molar-refractivity contribution in [3.05, 3.63) is 75.0 Å². The standard InChI is InChI=1S/C19H17N5O3/c1-22-16-15(18(25)23(2)19(22)26)17(24-11-5-4-6-14(24)21-16)20-12-7-9-13(27-3)10-8-12/h4-11H,1-3H3. The van der Waals surface area contributed by atoms with E-state index in [0.29, 0.717) is 28.2 Å². The van der Waals surface area contributed by atoms with Crippen LogP contribution in [0.1, 0.15) is 0 Å². The molecule has 0 atom stereocenters. The van der Waals surface area contributed by atoms with Gasteiger partial charge < -0.3 is 4.74 Å². The average Bonchev–Trinajstić information content (AvgIpc) is 2.71. The number of fused-ring (bicyclic) bond motifs is 2. The fourth-order valence-corrected chi connectivity index (χ4v) is 2.98. The Balaban J connectivity index is 2.23. The minimum atomic E-state index is -0.439. The Morgan fingerprint density at radius 1 is 1.00 bits per heavy atom. The predicted octanol–water partition coefficient (Wildman–Crippen LogP) is 1.13. The number of aromatic nitrogens is 4. The van der Waals surface area contributed by atoms with Crippen LogP contribution in [-0.4, -0.2) is 25.6 Å². The maximum Gasteiger partial charge on any atom is 0.332 e.